The van der Waals surface area contributed by atoms with Gasteiger partial charge in [-0.25, -0.2) is 4.98 Å². The Morgan fingerprint density at radius 3 is 2.61 bits per heavy atom. The van der Waals surface area contributed by atoms with Gasteiger partial charge < -0.3 is 11.1 Å². The highest BCUT2D eigenvalue weighted by Crippen LogP contribution is 2.33. The van der Waals surface area contributed by atoms with Crippen LogP contribution in [0.2, 0.25) is 5.02 Å². The average molecular weight is 280 g/mol. The first kappa shape index (κ1) is 13.4. The van der Waals surface area contributed by atoms with Crippen LogP contribution in [0, 0.1) is 0 Å². The Balaban J connectivity index is 2.15. The molecule has 1 aliphatic carbocycles. The molecule has 2 atom stereocenters. The van der Waals surface area contributed by atoms with Crippen LogP contribution in [0.25, 0.3) is 0 Å². The molecule has 100 valence electrons. The molecule has 1 heterocycles. The second-order valence-electron chi connectivity index (χ2n) is 4.40. The van der Waals surface area contributed by atoms with Gasteiger partial charge in [0.1, 0.15) is 5.82 Å². The van der Waals surface area contributed by atoms with E-state index in [0.717, 1.165) is 31.5 Å². The molecule has 0 radical (unpaired) electrons. The van der Waals surface area contributed by atoms with E-state index in [4.69, 9.17) is 17.3 Å². The van der Waals surface area contributed by atoms with Crippen LogP contribution >= 0.6 is 11.6 Å². The molecular weight excluding hydrogens is 267 g/mol. The SMILES string of the molecule is N[C@H]1CCC[C@@H]1Nc1ncc(C(F)(F)F)cc1Cl. The molecular formula is C11H13ClF3N3. The Morgan fingerprint density at radius 2 is 2.11 bits per heavy atom. The highest BCUT2D eigenvalue weighted by atomic mass is 35.5. The summed E-state index contributed by atoms with van der Waals surface area (Å²) in [6.45, 7) is 0. The fourth-order valence-electron chi connectivity index (χ4n) is 2.04. The van der Waals surface area contributed by atoms with Crippen molar-refractivity contribution in [2.24, 2.45) is 5.73 Å². The van der Waals surface area contributed by atoms with Crippen LogP contribution in [-0.4, -0.2) is 17.1 Å². The zero-order chi connectivity index (χ0) is 13.3. The molecule has 2 rings (SSSR count). The lowest BCUT2D eigenvalue weighted by atomic mass is 10.2. The van der Waals surface area contributed by atoms with Gasteiger partial charge in [-0.15, -0.1) is 0 Å². The molecule has 1 aromatic rings. The van der Waals surface area contributed by atoms with Crippen LogP contribution in [0.1, 0.15) is 24.8 Å². The van der Waals surface area contributed by atoms with Crippen molar-refractivity contribution < 1.29 is 13.2 Å². The number of alkyl halides is 3. The van der Waals surface area contributed by atoms with Crippen LogP contribution in [0.5, 0.6) is 0 Å². The van der Waals surface area contributed by atoms with Crippen molar-refractivity contribution in [1.29, 1.82) is 0 Å². The first-order chi connectivity index (χ1) is 8.38. The summed E-state index contributed by atoms with van der Waals surface area (Å²) in [4.78, 5) is 3.72. The standard InChI is InChI=1S/C11H13ClF3N3/c12-7-4-6(11(13,14)15)5-17-10(7)18-9-3-1-2-8(9)16/h4-5,8-9H,1-3,16H2,(H,17,18)/t8-,9-/m0/s1. The average Bonchev–Trinajstić information content (AvgIpc) is 2.66. The summed E-state index contributed by atoms with van der Waals surface area (Å²) in [7, 11) is 0. The third-order valence-electron chi connectivity index (χ3n) is 3.06. The Kier molecular flexibility index (Phi) is 3.68. The predicted octanol–water partition coefficient (Wildman–Crippen LogP) is 3.05. The molecule has 0 amide bonds. The van der Waals surface area contributed by atoms with Crippen molar-refractivity contribution in [3.63, 3.8) is 0 Å². The van der Waals surface area contributed by atoms with E-state index in [1.54, 1.807) is 0 Å². The van der Waals surface area contributed by atoms with Crippen molar-refractivity contribution in [2.75, 3.05) is 5.32 Å². The second-order valence-corrected chi connectivity index (χ2v) is 4.80. The number of anilines is 1. The van der Waals surface area contributed by atoms with E-state index in [-0.39, 0.29) is 22.9 Å². The fraction of sp³-hybridized carbons (Fsp3) is 0.545. The summed E-state index contributed by atoms with van der Waals surface area (Å²) in [6, 6.07) is 0.883. The fourth-order valence-corrected chi connectivity index (χ4v) is 2.26. The minimum absolute atomic E-state index is 0.00911. The zero-order valence-electron chi connectivity index (χ0n) is 9.47. The monoisotopic (exact) mass is 279 g/mol. The van der Waals surface area contributed by atoms with Crippen molar-refractivity contribution in [3.05, 3.63) is 22.8 Å². The van der Waals surface area contributed by atoms with Crippen LogP contribution < -0.4 is 11.1 Å². The third-order valence-corrected chi connectivity index (χ3v) is 3.35. The maximum atomic E-state index is 12.4. The van der Waals surface area contributed by atoms with E-state index in [9.17, 15) is 13.2 Å². The number of hydrogen-bond acceptors (Lipinski definition) is 3. The van der Waals surface area contributed by atoms with Gasteiger partial charge in [-0.3, -0.25) is 0 Å². The van der Waals surface area contributed by atoms with Crippen molar-refractivity contribution in [2.45, 2.75) is 37.5 Å². The summed E-state index contributed by atoms with van der Waals surface area (Å²) in [6.07, 6.45) is -0.888. The molecule has 0 saturated heterocycles. The number of pyridine rings is 1. The number of nitrogens with two attached hydrogens (primary N) is 1. The molecule has 0 unspecified atom stereocenters. The number of hydrogen-bond donors (Lipinski definition) is 2. The Bertz CT molecular complexity index is 436. The number of nitrogens with one attached hydrogen (secondary N) is 1. The lowest BCUT2D eigenvalue weighted by molar-refractivity contribution is -0.137. The summed E-state index contributed by atoms with van der Waals surface area (Å²) in [5.41, 5.74) is 5.01. The first-order valence-corrected chi connectivity index (χ1v) is 6.00. The molecule has 0 aliphatic heterocycles. The van der Waals surface area contributed by atoms with Gasteiger partial charge in [0.2, 0.25) is 0 Å². The number of halogens is 4. The van der Waals surface area contributed by atoms with Gasteiger partial charge in [-0.2, -0.15) is 13.2 Å². The minimum Gasteiger partial charge on any atom is -0.365 e. The first-order valence-electron chi connectivity index (χ1n) is 5.63. The quantitative estimate of drug-likeness (QED) is 0.875. The Labute approximate surface area is 108 Å². The van der Waals surface area contributed by atoms with Crippen molar-refractivity contribution >= 4 is 17.4 Å². The van der Waals surface area contributed by atoms with Gasteiger partial charge in [0.15, 0.2) is 0 Å². The van der Waals surface area contributed by atoms with E-state index in [2.05, 4.69) is 10.3 Å². The van der Waals surface area contributed by atoms with Gasteiger partial charge >= 0.3 is 6.18 Å². The lowest BCUT2D eigenvalue weighted by Crippen LogP contribution is -2.35. The van der Waals surface area contributed by atoms with Gasteiger partial charge in [-0.05, 0) is 25.3 Å². The summed E-state index contributed by atoms with van der Waals surface area (Å²) < 4.78 is 37.3. The molecule has 1 aromatic heterocycles. The molecule has 1 aliphatic rings. The molecule has 0 aromatic carbocycles. The highest BCUT2D eigenvalue weighted by molar-refractivity contribution is 6.33. The molecule has 3 nitrogen and oxygen atoms in total. The molecule has 1 saturated carbocycles. The normalized spacial score (nSPS) is 24.3. The third kappa shape index (κ3) is 2.87. The maximum Gasteiger partial charge on any atom is 0.417 e. The topological polar surface area (TPSA) is 50.9 Å². The van der Waals surface area contributed by atoms with Gasteiger partial charge in [0.05, 0.1) is 10.6 Å². The van der Waals surface area contributed by atoms with Gasteiger partial charge in [-0.1, -0.05) is 11.6 Å². The molecule has 3 N–H and O–H groups in total. The number of rotatable bonds is 2. The van der Waals surface area contributed by atoms with E-state index in [1.807, 2.05) is 0 Å². The lowest BCUT2D eigenvalue weighted by Gasteiger charge is -2.19. The van der Waals surface area contributed by atoms with Crippen LogP contribution in [0.3, 0.4) is 0 Å². The van der Waals surface area contributed by atoms with E-state index < -0.39 is 11.7 Å². The molecule has 0 spiro atoms. The molecule has 18 heavy (non-hydrogen) atoms. The minimum atomic E-state index is -4.43. The van der Waals surface area contributed by atoms with E-state index in [1.165, 1.54) is 0 Å². The Morgan fingerprint density at radius 1 is 1.39 bits per heavy atom. The largest absolute Gasteiger partial charge is 0.417 e. The van der Waals surface area contributed by atoms with Crippen LogP contribution in [-0.2, 0) is 6.18 Å². The molecule has 1 fully saturated rings. The molecule has 7 heteroatoms. The van der Waals surface area contributed by atoms with Gasteiger partial charge in [0, 0.05) is 18.3 Å². The van der Waals surface area contributed by atoms with Crippen molar-refractivity contribution in [3.8, 4) is 0 Å². The maximum absolute atomic E-state index is 12.4. The Hall–Kier alpha value is -1.01. The summed E-state index contributed by atoms with van der Waals surface area (Å²) >= 11 is 5.80. The summed E-state index contributed by atoms with van der Waals surface area (Å²) in [5.74, 6) is 0.256. The number of aromatic nitrogens is 1. The second kappa shape index (κ2) is 4.93. The number of nitrogens with zero attached hydrogens (tertiary/aromatic N) is 1. The smallest absolute Gasteiger partial charge is 0.365 e. The van der Waals surface area contributed by atoms with Crippen LogP contribution in [0.15, 0.2) is 12.3 Å². The predicted molar refractivity (Wildman–Crippen MR) is 63.5 cm³/mol. The zero-order valence-corrected chi connectivity index (χ0v) is 10.2. The van der Waals surface area contributed by atoms with Crippen LogP contribution in [0.4, 0.5) is 19.0 Å². The van der Waals surface area contributed by atoms with E-state index in [0.29, 0.717) is 0 Å². The van der Waals surface area contributed by atoms with Crippen molar-refractivity contribution in [1.82, 2.24) is 4.98 Å². The summed E-state index contributed by atoms with van der Waals surface area (Å²) in [5, 5.41) is 2.96. The van der Waals surface area contributed by atoms with E-state index >= 15 is 0 Å². The van der Waals surface area contributed by atoms with Gasteiger partial charge in [0.25, 0.3) is 0 Å². The molecule has 0 bridgehead atoms. The highest BCUT2D eigenvalue weighted by Gasteiger charge is 2.32.